The molecule has 0 spiro atoms. The van der Waals surface area contributed by atoms with Gasteiger partial charge in [0.05, 0.1) is 19.6 Å². The molecule has 7 heteroatoms. The van der Waals surface area contributed by atoms with Crippen molar-refractivity contribution in [2.45, 2.75) is 45.3 Å². The molecule has 2 heterocycles. The fraction of sp³-hybridized carbons (Fsp3) is 0.526. The highest BCUT2D eigenvalue weighted by atomic mass is 16.5. The number of methoxy groups -OCH3 is 2. The van der Waals surface area contributed by atoms with E-state index < -0.39 is 0 Å². The first-order valence-electron chi connectivity index (χ1n) is 8.95. The van der Waals surface area contributed by atoms with E-state index in [0.29, 0.717) is 24.7 Å². The number of nitrogens with zero attached hydrogens (tertiary/aromatic N) is 3. The zero-order valence-electron chi connectivity index (χ0n) is 15.6. The molecule has 1 N–H and O–H groups in total. The lowest BCUT2D eigenvalue weighted by Crippen LogP contribution is -2.39. The van der Waals surface area contributed by atoms with Gasteiger partial charge in [0.2, 0.25) is 5.91 Å². The molecule has 1 saturated heterocycles. The van der Waals surface area contributed by atoms with Gasteiger partial charge in [0, 0.05) is 13.7 Å². The van der Waals surface area contributed by atoms with Crippen LogP contribution in [-0.4, -0.2) is 46.8 Å². The summed E-state index contributed by atoms with van der Waals surface area (Å²) in [4.78, 5) is 19.4. The van der Waals surface area contributed by atoms with Crippen LogP contribution in [0, 0.1) is 6.92 Å². The number of aromatic amines is 1. The number of hydrogen-bond acceptors (Lipinski definition) is 5. The number of carbonyl (C=O) groups is 1. The first kappa shape index (κ1) is 18.4. The Bertz CT molecular complexity index is 759. The molecule has 1 aromatic heterocycles. The third-order valence-corrected chi connectivity index (χ3v) is 4.78. The van der Waals surface area contributed by atoms with Crippen molar-refractivity contribution in [3.8, 4) is 5.75 Å². The van der Waals surface area contributed by atoms with Gasteiger partial charge in [-0.1, -0.05) is 12.1 Å². The first-order chi connectivity index (χ1) is 12.6. The Balaban J connectivity index is 1.75. The third kappa shape index (κ3) is 4.04. The maximum Gasteiger partial charge on any atom is 0.227 e. The number of benzene rings is 1. The summed E-state index contributed by atoms with van der Waals surface area (Å²) in [5, 5.41) is 7.20. The van der Waals surface area contributed by atoms with E-state index in [0.717, 1.165) is 42.7 Å². The Morgan fingerprint density at radius 3 is 2.96 bits per heavy atom. The molecule has 1 amide bonds. The largest absolute Gasteiger partial charge is 0.496 e. The summed E-state index contributed by atoms with van der Waals surface area (Å²) >= 11 is 0. The van der Waals surface area contributed by atoms with E-state index in [4.69, 9.17) is 9.47 Å². The number of H-pyrrole nitrogens is 1. The van der Waals surface area contributed by atoms with Crippen LogP contribution in [0.1, 0.15) is 48.1 Å². The van der Waals surface area contributed by atoms with E-state index in [-0.39, 0.29) is 11.9 Å². The molecule has 0 bridgehead atoms. The number of nitrogens with one attached hydrogen (secondary N) is 1. The molecule has 26 heavy (non-hydrogen) atoms. The van der Waals surface area contributed by atoms with Gasteiger partial charge in [-0.25, -0.2) is 4.98 Å². The maximum atomic E-state index is 13.0. The number of carbonyl (C=O) groups excluding carboxylic acids is 1. The number of ether oxygens (including phenoxy) is 2. The van der Waals surface area contributed by atoms with Crippen molar-refractivity contribution in [1.82, 2.24) is 20.1 Å². The van der Waals surface area contributed by atoms with Crippen LogP contribution in [0.15, 0.2) is 18.2 Å². The Morgan fingerprint density at radius 2 is 2.19 bits per heavy atom. The summed E-state index contributed by atoms with van der Waals surface area (Å²) in [6.45, 7) is 3.11. The fourth-order valence-electron chi connectivity index (χ4n) is 3.41. The van der Waals surface area contributed by atoms with Crippen molar-refractivity contribution >= 4 is 5.91 Å². The average molecular weight is 358 g/mol. The van der Waals surface area contributed by atoms with Crippen LogP contribution in [0.4, 0.5) is 0 Å². The summed E-state index contributed by atoms with van der Waals surface area (Å²) in [7, 11) is 3.27. The van der Waals surface area contributed by atoms with Crippen molar-refractivity contribution in [2.75, 3.05) is 20.8 Å². The fourth-order valence-corrected chi connectivity index (χ4v) is 3.41. The lowest BCUT2D eigenvalue weighted by Gasteiger charge is -2.34. The Labute approximate surface area is 153 Å². The molecule has 1 aliphatic rings. The highest BCUT2D eigenvalue weighted by Gasteiger charge is 2.30. The van der Waals surface area contributed by atoms with Gasteiger partial charge in [-0.05, 0) is 43.4 Å². The lowest BCUT2D eigenvalue weighted by molar-refractivity contribution is -0.134. The van der Waals surface area contributed by atoms with Crippen molar-refractivity contribution in [3.63, 3.8) is 0 Å². The zero-order valence-corrected chi connectivity index (χ0v) is 15.6. The number of aryl methyl sites for hydroxylation is 1. The predicted octanol–water partition coefficient (Wildman–Crippen LogP) is 2.56. The van der Waals surface area contributed by atoms with E-state index in [1.807, 2.05) is 30.0 Å². The Morgan fingerprint density at radius 1 is 1.35 bits per heavy atom. The second-order valence-electron chi connectivity index (χ2n) is 6.65. The second-order valence-corrected chi connectivity index (χ2v) is 6.65. The van der Waals surface area contributed by atoms with Crippen LogP contribution < -0.4 is 4.74 Å². The minimum Gasteiger partial charge on any atom is -0.496 e. The summed E-state index contributed by atoms with van der Waals surface area (Å²) in [5.74, 6) is 2.26. The number of piperidine rings is 1. The monoisotopic (exact) mass is 358 g/mol. The predicted molar refractivity (Wildman–Crippen MR) is 96.8 cm³/mol. The van der Waals surface area contributed by atoms with E-state index >= 15 is 0 Å². The van der Waals surface area contributed by atoms with Gasteiger partial charge >= 0.3 is 0 Å². The van der Waals surface area contributed by atoms with Crippen LogP contribution in [0.2, 0.25) is 0 Å². The molecule has 0 radical (unpaired) electrons. The van der Waals surface area contributed by atoms with E-state index in [1.54, 1.807) is 14.2 Å². The average Bonchev–Trinajstić information content (AvgIpc) is 3.12. The molecule has 0 aliphatic carbocycles. The van der Waals surface area contributed by atoms with Gasteiger partial charge in [-0.3, -0.25) is 9.89 Å². The minimum absolute atomic E-state index is 0.0783. The number of hydrogen-bond donors (Lipinski definition) is 1. The standard InChI is InChI=1S/C19H26N4O3/c1-13-7-8-14(10-16(13)26-3)11-18(24)23-9-5-4-6-15(23)19-20-17(12-25-2)21-22-19/h7-8,10,15H,4-6,9,11-12H2,1-3H3,(H,20,21,22)/t15-/m1/s1. The van der Waals surface area contributed by atoms with Crippen LogP contribution in [0.3, 0.4) is 0 Å². The molecular weight excluding hydrogens is 332 g/mol. The molecule has 0 unspecified atom stereocenters. The summed E-state index contributed by atoms with van der Waals surface area (Å²) in [6.07, 6.45) is 3.31. The molecule has 1 atom stereocenters. The normalized spacial score (nSPS) is 17.3. The summed E-state index contributed by atoms with van der Waals surface area (Å²) < 4.78 is 10.5. The molecule has 140 valence electrons. The molecular formula is C19H26N4O3. The van der Waals surface area contributed by atoms with Crippen LogP contribution in [0.5, 0.6) is 5.75 Å². The third-order valence-electron chi connectivity index (χ3n) is 4.78. The smallest absolute Gasteiger partial charge is 0.227 e. The van der Waals surface area contributed by atoms with E-state index in [1.165, 1.54) is 0 Å². The zero-order chi connectivity index (χ0) is 18.5. The minimum atomic E-state index is -0.0783. The van der Waals surface area contributed by atoms with Gasteiger partial charge in [-0.15, -0.1) is 0 Å². The van der Waals surface area contributed by atoms with Gasteiger partial charge < -0.3 is 14.4 Å². The van der Waals surface area contributed by atoms with Crippen LogP contribution >= 0.6 is 0 Å². The first-order valence-corrected chi connectivity index (χ1v) is 8.95. The second kappa shape index (κ2) is 8.31. The molecule has 1 aromatic carbocycles. The number of likely N-dealkylation sites (tertiary alicyclic amines) is 1. The molecule has 7 nitrogen and oxygen atoms in total. The van der Waals surface area contributed by atoms with Gasteiger partial charge in [0.25, 0.3) is 0 Å². The highest BCUT2D eigenvalue weighted by Crippen LogP contribution is 2.30. The van der Waals surface area contributed by atoms with E-state index in [9.17, 15) is 4.79 Å². The Hall–Kier alpha value is -2.41. The lowest BCUT2D eigenvalue weighted by atomic mass is 10.00. The van der Waals surface area contributed by atoms with E-state index in [2.05, 4.69) is 15.2 Å². The van der Waals surface area contributed by atoms with Crippen LogP contribution in [0.25, 0.3) is 0 Å². The maximum absolute atomic E-state index is 13.0. The number of aromatic nitrogens is 3. The van der Waals surface area contributed by atoms with Crippen molar-refractivity contribution in [1.29, 1.82) is 0 Å². The van der Waals surface area contributed by atoms with Gasteiger partial charge in [0.15, 0.2) is 11.6 Å². The Kier molecular flexibility index (Phi) is 5.88. The van der Waals surface area contributed by atoms with Gasteiger partial charge in [-0.2, -0.15) is 5.10 Å². The quantitative estimate of drug-likeness (QED) is 0.858. The molecule has 1 fully saturated rings. The molecule has 1 aliphatic heterocycles. The summed E-state index contributed by atoms with van der Waals surface area (Å²) in [5.41, 5.74) is 2.02. The van der Waals surface area contributed by atoms with Crippen molar-refractivity contribution in [3.05, 3.63) is 41.0 Å². The number of amides is 1. The van der Waals surface area contributed by atoms with Crippen LogP contribution in [-0.2, 0) is 22.6 Å². The van der Waals surface area contributed by atoms with Gasteiger partial charge in [0.1, 0.15) is 12.4 Å². The van der Waals surface area contributed by atoms with Crippen molar-refractivity contribution in [2.24, 2.45) is 0 Å². The highest BCUT2D eigenvalue weighted by molar-refractivity contribution is 5.79. The number of rotatable bonds is 6. The topological polar surface area (TPSA) is 80.3 Å². The summed E-state index contributed by atoms with van der Waals surface area (Å²) in [6, 6.07) is 5.83. The SMILES string of the molecule is COCc1nc([C@H]2CCCCN2C(=O)Cc2ccc(C)c(OC)c2)n[nH]1. The molecule has 0 saturated carbocycles. The van der Waals surface area contributed by atoms with Crippen molar-refractivity contribution < 1.29 is 14.3 Å². The molecule has 3 rings (SSSR count). The molecule has 2 aromatic rings.